The van der Waals surface area contributed by atoms with Gasteiger partial charge in [0, 0.05) is 18.0 Å². The maximum absolute atomic E-state index is 9.95. The summed E-state index contributed by atoms with van der Waals surface area (Å²) in [6.07, 6.45) is 3.10. The van der Waals surface area contributed by atoms with Crippen LogP contribution in [0.3, 0.4) is 0 Å². The van der Waals surface area contributed by atoms with E-state index in [2.05, 4.69) is 4.98 Å². The van der Waals surface area contributed by atoms with Gasteiger partial charge in [-0.15, -0.1) is 0 Å². The van der Waals surface area contributed by atoms with Crippen LogP contribution in [0.15, 0.2) is 42.7 Å². The van der Waals surface area contributed by atoms with Gasteiger partial charge in [0.05, 0.1) is 0 Å². The summed E-state index contributed by atoms with van der Waals surface area (Å²) in [5.41, 5.74) is 3.03. The minimum atomic E-state index is -0.526. The molecule has 2 nitrogen and oxygen atoms in total. The van der Waals surface area contributed by atoms with Crippen LogP contribution in [0, 0.1) is 6.92 Å². The first kappa shape index (κ1) is 9.03. The fourth-order valence-electron chi connectivity index (χ4n) is 1.45. The first-order valence-corrected chi connectivity index (χ1v) is 4.64. The lowest BCUT2D eigenvalue weighted by molar-refractivity contribution is 0.220. The van der Waals surface area contributed by atoms with Gasteiger partial charge in [-0.2, -0.15) is 0 Å². The summed E-state index contributed by atoms with van der Waals surface area (Å²) in [6, 6.07) is 9.79. The van der Waals surface area contributed by atoms with Crippen LogP contribution in [-0.4, -0.2) is 10.1 Å². The fourth-order valence-corrected chi connectivity index (χ4v) is 1.45. The van der Waals surface area contributed by atoms with Gasteiger partial charge >= 0.3 is 0 Å². The number of aromatic nitrogens is 1. The van der Waals surface area contributed by atoms with Crippen molar-refractivity contribution in [3.63, 3.8) is 0 Å². The van der Waals surface area contributed by atoms with E-state index in [1.165, 1.54) is 5.56 Å². The molecule has 1 aromatic heterocycles. The van der Waals surface area contributed by atoms with Gasteiger partial charge in [0.25, 0.3) is 0 Å². The molecule has 14 heavy (non-hydrogen) atoms. The number of aliphatic hydroxyl groups excluding tert-OH is 1. The minimum absolute atomic E-state index is 0.526. The number of benzene rings is 1. The molecule has 0 spiro atoms. The Morgan fingerprint density at radius 2 is 1.79 bits per heavy atom. The monoisotopic (exact) mass is 187 g/mol. The lowest BCUT2D eigenvalue weighted by Gasteiger charge is -2.08. The van der Waals surface area contributed by atoms with Crippen molar-refractivity contribution in [3.05, 3.63) is 59.4 Å². The smallest absolute Gasteiger partial charge is 0.105 e. The second kappa shape index (κ2) is 3.68. The molecule has 1 heterocycles. The van der Waals surface area contributed by atoms with Crippen LogP contribution in [0.4, 0.5) is 0 Å². The van der Waals surface area contributed by atoms with E-state index in [-0.39, 0.29) is 0 Å². The van der Waals surface area contributed by atoms with Crippen molar-refractivity contribution < 1.29 is 5.11 Å². The second-order valence-corrected chi connectivity index (χ2v) is 3.46. The third-order valence-electron chi connectivity index (χ3n) is 2.33. The van der Waals surface area contributed by atoms with Crippen LogP contribution in [0.25, 0.3) is 0 Å². The van der Waals surface area contributed by atoms with E-state index in [9.17, 15) is 5.11 Å². The Bertz CT molecular complexity index is 389. The number of aliphatic hydroxyl groups is 1. The predicted octanol–water partition coefficient (Wildman–Crippen LogP) is 2.40. The molecular weight excluding hydrogens is 174 g/mol. The van der Waals surface area contributed by atoms with E-state index in [4.69, 9.17) is 0 Å². The first-order chi connectivity index (χ1) is 6.77. The number of hydrogen-bond acceptors (Lipinski definition) is 1. The lowest BCUT2D eigenvalue weighted by atomic mass is 10.0. The summed E-state index contributed by atoms with van der Waals surface area (Å²) < 4.78 is 0. The summed E-state index contributed by atoms with van der Waals surface area (Å²) in [5.74, 6) is 0. The average molecular weight is 187 g/mol. The number of H-pyrrole nitrogens is 1. The van der Waals surface area contributed by atoms with Crippen molar-refractivity contribution in [1.82, 2.24) is 4.98 Å². The fraction of sp³-hybridized carbons (Fsp3) is 0.167. The number of nitrogens with one attached hydrogen (secondary N) is 1. The third-order valence-corrected chi connectivity index (χ3v) is 2.33. The number of hydrogen-bond donors (Lipinski definition) is 2. The Morgan fingerprint density at radius 3 is 2.36 bits per heavy atom. The topological polar surface area (TPSA) is 36.0 Å². The first-order valence-electron chi connectivity index (χ1n) is 4.64. The van der Waals surface area contributed by atoms with Crippen LogP contribution in [-0.2, 0) is 0 Å². The van der Waals surface area contributed by atoms with E-state index in [0.717, 1.165) is 11.1 Å². The van der Waals surface area contributed by atoms with Crippen molar-refractivity contribution >= 4 is 0 Å². The summed E-state index contributed by atoms with van der Waals surface area (Å²) in [7, 11) is 0. The van der Waals surface area contributed by atoms with Crippen LogP contribution < -0.4 is 0 Å². The van der Waals surface area contributed by atoms with Crippen molar-refractivity contribution in [2.24, 2.45) is 0 Å². The molecule has 0 saturated carbocycles. The molecule has 2 aromatic rings. The van der Waals surface area contributed by atoms with Gasteiger partial charge in [-0.25, -0.2) is 0 Å². The molecule has 1 atom stereocenters. The van der Waals surface area contributed by atoms with Gasteiger partial charge in [-0.1, -0.05) is 29.8 Å². The molecule has 0 aliphatic carbocycles. The highest BCUT2D eigenvalue weighted by atomic mass is 16.3. The van der Waals surface area contributed by atoms with Gasteiger partial charge in [-0.05, 0) is 18.6 Å². The van der Waals surface area contributed by atoms with Gasteiger partial charge < -0.3 is 10.1 Å². The van der Waals surface area contributed by atoms with Crippen molar-refractivity contribution in [2.45, 2.75) is 13.0 Å². The van der Waals surface area contributed by atoms with Crippen molar-refractivity contribution in [1.29, 1.82) is 0 Å². The Morgan fingerprint density at radius 1 is 1.07 bits per heavy atom. The standard InChI is InChI=1S/C12H13NO/c1-9-2-4-10(5-3-9)12(14)11-6-7-13-8-11/h2-8,12-14H,1H3. The van der Waals surface area contributed by atoms with Gasteiger partial charge in [0.2, 0.25) is 0 Å². The highest BCUT2D eigenvalue weighted by Crippen LogP contribution is 2.21. The van der Waals surface area contributed by atoms with Crippen molar-refractivity contribution in [2.75, 3.05) is 0 Å². The zero-order valence-electron chi connectivity index (χ0n) is 8.07. The highest BCUT2D eigenvalue weighted by molar-refractivity contribution is 5.30. The van der Waals surface area contributed by atoms with Gasteiger partial charge in [0.15, 0.2) is 0 Å². The van der Waals surface area contributed by atoms with Crippen LogP contribution in [0.5, 0.6) is 0 Å². The summed E-state index contributed by atoms with van der Waals surface area (Å²) in [6.45, 7) is 2.03. The SMILES string of the molecule is Cc1ccc(C(O)c2cc[nH]c2)cc1. The normalized spacial score (nSPS) is 12.7. The molecule has 0 fully saturated rings. The molecule has 0 aliphatic heterocycles. The molecular formula is C12H13NO. The Kier molecular flexibility index (Phi) is 2.37. The average Bonchev–Trinajstić information content (AvgIpc) is 2.71. The molecule has 0 saturated heterocycles. The quantitative estimate of drug-likeness (QED) is 0.744. The van der Waals surface area contributed by atoms with Crippen LogP contribution in [0.2, 0.25) is 0 Å². The molecule has 1 aromatic carbocycles. The van der Waals surface area contributed by atoms with E-state index in [1.54, 1.807) is 0 Å². The third kappa shape index (κ3) is 1.70. The number of aryl methyl sites for hydroxylation is 1. The van der Waals surface area contributed by atoms with E-state index in [1.807, 2.05) is 49.6 Å². The zero-order chi connectivity index (χ0) is 9.97. The minimum Gasteiger partial charge on any atom is -0.384 e. The van der Waals surface area contributed by atoms with E-state index >= 15 is 0 Å². The number of aromatic amines is 1. The molecule has 0 bridgehead atoms. The van der Waals surface area contributed by atoms with Gasteiger partial charge in [-0.3, -0.25) is 0 Å². The summed E-state index contributed by atoms with van der Waals surface area (Å²) in [4.78, 5) is 2.93. The molecule has 2 rings (SSSR count). The predicted molar refractivity (Wildman–Crippen MR) is 56.0 cm³/mol. The molecule has 1 unspecified atom stereocenters. The van der Waals surface area contributed by atoms with E-state index in [0.29, 0.717) is 0 Å². The highest BCUT2D eigenvalue weighted by Gasteiger charge is 2.09. The van der Waals surface area contributed by atoms with Crippen molar-refractivity contribution in [3.8, 4) is 0 Å². The molecule has 2 heteroatoms. The maximum atomic E-state index is 9.95. The van der Waals surface area contributed by atoms with Gasteiger partial charge in [0.1, 0.15) is 6.10 Å². The Labute approximate surface area is 83.2 Å². The molecule has 0 radical (unpaired) electrons. The second-order valence-electron chi connectivity index (χ2n) is 3.46. The Balaban J connectivity index is 2.28. The Hall–Kier alpha value is -1.54. The summed E-state index contributed by atoms with van der Waals surface area (Å²) in [5, 5.41) is 9.95. The zero-order valence-corrected chi connectivity index (χ0v) is 8.07. The van der Waals surface area contributed by atoms with E-state index < -0.39 is 6.10 Å². The van der Waals surface area contributed by atoms with Crippen LogP contribution in [0.1, 0.15) is 22.8 Å². The molecule has 0 aliphatic rings. The largest absolute Gasteiger partial charge is 0.384 e. The molecule has 0 amide bonds. The van der Waals surface area contributed by atoms with Crippen LogP contribution >= 0.6 is 0 Å². The lowest BCUT2D eigenvalue weighted by Crippen LogP contribution is -1.97. The molecule has 2 N–H and O–H groups in total. The molecule has 72 valence electrons. The number of rotatable bonds is 2. The maximum Gasteiger partial charge on any atom is 0.105 e. The summed E-state index contributed by atoms with van der Waals surface area (Å²) >= 11 is 0.